The number of ether oxygens (including phenoxy) is 1. The van der Waals surface area contributed by atoms with Crippen molar-refractivity contribution in [1.82, 2.24) is 20.8 Å². The zero-order chi connectivity index (χ0) is 19.2. The Labute approximate surface area is 155 Å². The van der Waals surface area contributed by atoms with E-state index in [1.165, 1.54) is 30.5 Å². The molecule has 2 aromatic rings. The summed E-state index contributed by atoms with van der Waals surface area (Å²) in [5.41, 5.74) is 0.612. The van der Waals surface area contributed by atoms with Crippen LogP contribution in [0.25, 0.3) is 0 Å². The number of carbonyl (C=O) groups excluding carboxylic acids is 2. The van der Waals surface area contributed by atoms with Gasteiger partial charge in [0.1, 0.15) is 11.4 Å². The van der Waals surface area contributed by atoms with E-state index in [4.69, 9.17) is 0 Å². The summed E-state index contributed by atoms with van der Waals surface area (Å²) in [5.74, 6) is -0.904. The van der Waals surface area contributed by atoms with Gasteiger partial charge in [-0.15, -0.1) is 0 Å². The SMILES string of the molecule is O=C(Nc1cn[nH]c1C(=O)NC1CCNCC1)c1ccc(OC(F)F)cc1.[HH]. The van der Waals surface area contributed by atoms with Gasteiger partial charge in [0.15, 0.2) is 0 Å². The Morgan fingerprint density at radius 3 is 2.56 bits per heavy atom. The second kappa shape index (κ2) is 8.58. The molecule has 0 bridgehead atoms. The van der Waals surface area contributed by atoms with Gasteiger partial charge in [-0.1, -0.05) is 0 Å². The Bertz CT molecular complexity index is 794. The van der Waals surface area contributed by atoms with Gasteiger partial charge >= 0.3 is 6.61 Å². The van der Waals surface area contributed by atoms with Crippen LogP contribution in [-0.4, -0.2) is 47.8 Å². The first kappa shape index (κ1) is 18.8. The molecule has 2 heterocycles. The maximum absolute atomic E-state index is 12.4. The topological polar surface area (TPSA) is 108 Å². The second-order valence-corrected chi connectivity index (χ2v) is 6.01. The molecule has 1 aromatic carbocycles. The Hall–Kier alpha value is -3.01. The first-order chi connectivity index (χ1) is 13.0. The average Bonchev–Trinajstić information content (AvgIpc) is 3.11. The Morgan fingerprint density at radius 2 is 1.89 bits per heavy atom. The fourth-order valence-electron chi connectivity index (χ4n) is 2.76. The number of aromatic nitrogens is 2. The summed E-state index contributed by atoms with van der Waals surface area (Å²) < 4.78 is 28.6. The highest BCUT2D eigenvalue weighted by molar-refractivity contribution is 6.08. The third kappa shape index (κ3) is 5.00. The minimum atomic E-state index is -2.93. The molecule has 1 aliphatic rings. The molecule has 0 radical (unpaired) electrons. The maximum atomic E-state index is 12.4. The highest BCUT2D eigenvalue weighted by Crippen LogP contribution is 2.18. The number of hydrogen-bond donors (Lipinski definition) is 4. The van der Waals surface area contributed by atoms with Gasteiger partial charge in [-0.3, -0.25) is 14.7 Å². The number of nitrogens with one attached hydrogen (secondary N) is 4. The smallest absolute Gasteiger partial charge is 0.387 e. The summed E-state index contributed by atoms with van der Waals surface area (Å²) in [4.78, 5) is 24.7. The van der Waals surface area contributed by atoms with Crippen LogP contribution < -0.4 is 20.7 Å². The van der Waals surface area contributed by atoms with E-state index in [-0.39, 0.29) is 36.1 Å². The molecule has 27 heavy (non-hydrogen) atoms. The van der Waals surface area contributed by atoms with Gasteiger partial charge in [-0.25, -0.2) is 0 Å². The van der Waals surface area contributed by atoms with Crippen molar-refractivity contribution in [3.8, 4) is 5.75 Å². The Balaban J connectivity index is 0.00000280. The lowest BCUT2D eigenvalue weighted by atomic mass is 10.1. The second-order valence-electron chi connectivity index (χ2n) is 6.01. The molecule has 0 spiro atoms. The molecule has 0 atom stereocenters. The number of nitrogens with zero attached hydrogens (tertiary/aromatic N) is 1. The minimum absolute atomic E-state index is 0. The van der Waals surface area contributed by atoms with Crippen LogP contribution in [0.4, 0.5) is 14.5 Å². The first-order valence-electron chi connectivity index (χ1n) is 8.44. The van der Waals surface area contributed by atoms with E-state index in [1.807, 2.05) is 0 Å². The molecule has 2 amide bonds. The molecular formula is C17H21F2N5O3. The minimum Gasteiger partial charge on any atom is -0.435 e. The van der Waals surface area contributed by atoms with Gasteiger partial charge < -0.3 is 20.7 Å². The largest absolute Gasteiger partial charge is 0.435 e. The normalized spacial score (nSPS) is 14.8. The van der Waals surface area contributed by atoms with Crippen molar-refractivity contribution < 1.29 is 24.5 Å². The number of anilines is 1. The molecule has 4 N–H and O–H groups in total. The number of amides is 2. The third-order valence-corrected chi connectivity index (χ3v) is 4.13. The van der Waals surface area contributed by atoms with Crippen molar-refractivity contribution in [1.29, 1.82) is 0 Å². The van der Waals surface area contributed by atoms with E-state index >= 15 is 0 Å². The van der Waals surface area contributed by atoms with Gasteiger partial charge in [-0.05, 0) is 50.2 Å². The predicted octanol–water partition coefficient (Wildman–Crippen LogP) is 1.99. The van der Waals surface area contributed by atoms with Gasteiger partial charge in [0.05, 0.1) is 11.9 Å². The van der Waals surface area contributed by atoms with Crippen LogP contribution in [-0.2, 0) is 0 Å². The van der Waals surface area contributed by atoms with E-state index in [0.29, 0.717) is 0 Å². The first-order valence-corrected chi connectivity index (χ1v) is 8.44. The average molecular weight is 381 g/mol. The molecule has 146 valence electrons. The van der Waals surface area contributed by atoms with Crippen LogP contribution in [0.15, 0.2) is 30.5 Å². The van der Waals surface area contributed by atoms with Crippen molar-refractivity contribution >= 4 is 17.5 Å². The lowest BCUT2D eigenvalue weighted by Gasteiger charge is -2.23. The van der Waals surface area contributed by atoms with E-state index in [2.05, 4.69) is 30.9 Å². The number of aromatic amines is 1. The molecule has 1 aliphatic heterocycles. The van der Waals surface area contributed by atoms with E-state index in [1.54, 1.807) is 0 Å². The van der Waals surface area contributed by atoms with E-state index in [9.17, 15) is 18.4 Å². The number of halogens is 2. The van der Waals surface area contributed by atoms with Crippen molar-refractivity contribution in [2.45, 2.75) is 25.5 Å². The van der Waals surface area contributed by atoms with Crippen molar-refractivity contribution in [2.24, 2.45) is 0 Å². The number of alkyl halides is 2. The lowest BCUT2D eigenvalue weighted by molar-refractivity contribution is -0.0498. The van der Waals surface area contributed by atoms with Crippen LogP contribution >= 0.6 is 0 Å². The summed E-state index contributed by atoms with van der Waals surface area (Å²) >= 11 is 0. The highest BCUT2D eigenvalue weighted by atomic mass is 19.3. The molecule has 0 saturated carbocycles. The van der Waals surface area contributed by atoms with Crippen LogP contribution in [0.5, 0.6) is 5.75 Å². The zero-order valence-corrected chi connectivity index (χ0v) is 14.3. The molecule has 1 saturated heterocycles. The number of piperidine rings is 1. The molecule has 1 fully saturated rings. The molecule has 1 aromatic heterocycles. The Kier molecular flexibility index (Phi) is 5.97. The summed E-state index contributed by atoms with van der Waals surface area (Å²) in [6.07, 6.45) is 2.99. The standard InChI is InChI=1S/C17H19F2N5O3.H2/c18-17(19)27-12-3-1-10(2-4-12)15(25)23-13-9-21-24-14(13)16(26)22-11-5-7-20-8-6-11;/h1-4,9,11,17,20H,5-8H2,(H,21,24)(H,22,26)(H,23,25);1H. The number of carbonyl (C=O) groups is 2. The lowest BCUT2D eigenvalue weighted by Crippen LogP contribution is -2.43. The third-order valence-electron chi connectivity index (χ3n) is 4.13. The monoisotopic (exact) mass is 381 g/mol. The quantitative estimate of drug-likeness (QED) is 0.612. The van der Waals surface area contributed by atoms with Crippen molar-refractivity contribution in [3.05, 3.63) is 41.7 Å². The fraction of sp³-hybridized carbons (Fsp3) is 0.353. The fourth-order valence-corrected chi connectivity index (χ4v) is 2.76. The van der Waals surface area contributed by atoms with Gasteiger partial charge in [0, 0.05) is 13.0 Å². The van der Waals surface area contributed by atoms with Crippen LogP contribution in [0.3, 0.4) is 0 Å². The molecule has 10 heteroatoms. The summed E-state index contributed by atoms with van der Waals surface area (Å²) in [5, 5.41) is 15.1. The zero-order valence-electron chi connectivity index (χ0n) is 14.3. The number of rotatable bonds is 6. The number of hydrogen-bond acceptors (Lipinski definition) is 5. The van der Waals surface area contributed by atoms with Crippen LogP contribution in [0, 0.1) is 0 Å². The Morgan fingerprint density at radius 1 is 1.19 bits per heavy atom. The molecule has 8 nitrogen and oxygen atoms in total. The molecule has 0 unspecified atom stereocenters. The summed E-state index contributed by atoms with van der Waals surface area (Å²) in [6, 6.07) is 5.29. The van der Waals surface area contributed by atoms with E-state index < -0.39 is 12.5 Å². The maximum Gasteiger partial charge on any atom is 0.387 e. The molecule has 0 aliphatic carbocycles. The summed E-state index contributed by atoms with van der Waals surface area (Å²) in [7, 11) is 0. The van der Waals surface area contributed by atoms with Crippen LogP contribution in [0.1, 0.15) is 35.1 Å². The van der Waals surface area contributed by atoms with Gasteiger partial charge in [0.25, 0.3) is 11.8 Å². The van der Waals surface area contributed by atoms with E-state index in [0.717, 1.165) is 25.9 Å². The van der Waals surface area contributed by atoms with Crippen LogP contribution in [0.2, 0.25) is 0 Å². The number of H-pyrrole nitrogens is 1. The molecule has 3 rings (SSSR count). The summed E-state index contributed by atoms with van der Waals surface area (Å²) in [6.45, 7) is -1.26. The molecular weight excluding hydrogens is 360 g/mol. The van der Waals surface area contributed by atoms with Crippen molar-refractivity contribution in [3.63, 3.8) is 0 Å². The van der Waals surface area contributed by atoms with Gasteiger partial charge in [0.2, 0.25) is 0 Å². The van der Waals surface area contributed by atoms with Gasteiger partial charge in [-0.2, -0.15) is 13.9 Å². The number of benzene rings is 1. The van der Waals surface area contributed by atoms with Crippen molar-refractivity contribution in [2.75, 3.05) is 18.4 Å². The predicted molar refractivity (Wildman–Crippen MR) is 95.1 cm³/mol. The highest BCUT2D eigenvalue weighted by Gasteiger charge is 2.21.